The van der Waals surface area contributed by atoms with Crippen LogP contribution in [0.25, 0.3) is 0 Å². The van der Waals surface area contributed by atoms with Gasteiger partial charge in [0.2, 0.25) is 5.91 Å². The van der Waals surface area contributed by atoms with Gasteiger partial charge in [0, 0.05) is 0 Å². The van der Waals surface area contributed by atoms with Crippen LogP contribution in [0.4, 0.5) is 0 Å². The molecule has 0 aromatic heterocycles. The highest BCUT2D eigenvalue weighted by atomic mass is 16.7. The highest BCUT2D eigenvalue weighted by molar-refractivity contribution is 5.80. The first-order chi connectivity index (χ1) is 29.7. The van der Waals surface area contributed by atoms with Crippen LogP contribution in [0.1, 0.15) is 181 Å². The Balaban J connectivity index is 2.42. The summed E-state index contributed by atoms with van der Waals surface area (Å²) in [6, 6.07) is -1.20. The van der Waals surface area contributed by atoms with E-state index in [0.717, 1.165) is 70.6 Å². The fourth-order valence-electron chi connectivity index (χ4n) is 7.33. The Kier molecular flexibility index (Phi) is 36.7. The van der Waals surface area contributed by atoms with Crippen molar-refractivity contribution in [1.29, 1.82) is 0 Å². The molecule has 1 aliphatic rings. The zero-order valence-corrected chi connectivity index (χ0v) is 38.1. The van der Waals surface area contributed by atoms with E-state index in [1.807, 2.05) is 19.1 Å². The largest absolute Gasteiger partial charge is 0.394 e. The van der Waals surface area contributed by atoms with Crippen LogP contribution in [0.5, 0.6) is 0 Å². The smallest absolute Gasteiger partial charge is 0.249 e. The second-order valence-electron chi connectivity index (χ2n) is 16.8. The van der Waals surface area contributed by atoms with E-state index in [0.29, 0.717) is 19.3 Å². The van der Waals surface area contributed by atoms with Gasteiger partial charge < -0.3 is 50.5 Å². The number of aliphatic hydroxyl groups is 7. The van der Waals surface area contributed by atoms with Crippen LogP contribution in [-0.4, -0.2) is 110 Å². The molecule has 0 radical (unpaired) electrons. The van der Waals surface area contributed by atoms with Gasteiger partial charge in [-0.3, -0.25) is 4.79 Å². The summed E-state index contributed by atoms with van der Waals surface area (Å²) < 4.78 is 11.1. The molecule has 1 rings (SSSR count). The average molecular weight is 864 g/mol. The minimum Gasteiger partial charge on any atom is -0.394 e. The number of nitrogens with one attached hydrogen (secondary N) is 1. The Hall–Kier alpha value is -2.19. The Morgan fingerprint density at radius 2 is 1.10 bits per heavy atom. The van der Waals surface area contributed by atoms with Gasteiger partial charge in [0.25, 0.3) is 0 Å². The predicted octanol–water partition coefficient (Wildman–Crippen LogP) is 8.33. The SMILES string of the molecule is C/C=C/CC/C=C/CC/C=C/CCCC(O)C(O)C(COC1OC(CO)C(O)C(O)C1O)NC(=O)C(O)CCCCCCCC/C=C\C/C=C\CCCCCCCCCCC. The molecular weight excluding hydrogens is 775 g/mol. The lowest BCUT2D eigenvalue weighted by Gasteiger charge is -2.40. The quantitative estimate of drug-likeness (QED) is 0.0220. The van der Waals surface area contributed by atoms with E-state index in [9.17, 15) is 40.5 Å². The molecule has 1 heterocycles. The van der Waals surface area contributed by atoms with E-state index < -0.39 is 74.2 Å². The first kappa shape index (κ1) is 56.8. The summed E-state index contributed by atoms with van der Waals surface area (Å²) in [6.45, 7) is 3.18. The Labute approximate surface area is 370 Å². The normalized spacial score (nSPS) is 22.0. The third-order valence-corrected chi connectivity index (χ3v) is 11.3. The van der Waals surface area contributed by atoms with Crippen molar-refractivity contribution in [3.05, 3.63) is 60.8 Å². The molecule has 11 nitrogen and oxygen atoms in total. The van der Waals surface area contributed by atoms with Gasteiger partial charge >= 0.3 is 0 Å². The van der Waals surface area contributed by atoms with Gasteiger partial charge in [-0.2, -0.15) is 0 Å². The van der Waals surface area contributed by atoms with Gasteiger partial charge in [-0.25, -0.2) is 0 Å². The van der Waals surface area contributed by atoms with E-state index in [-0.39, 0.29) is 12.8 Å². The van der Waals surface area contributed by atoms with Crippen molar-refractivity contribution in [1.82, 2.24) is 5.32 Å². The standard InChI is InChI=1S/C50H89NO10/c1-3-5-7-9-11-13-15-17-18-19-20-21-22-23-24-25-26-28-30-32-34-36-38-43(54)49(59)51-41(40-60-50-48(58)47(57)46(56)44(39-52)61-50)45(55)42(53)37-35-33-31-29-27-16-14-12-10-8-6-4-2/h4,6,12,14,20-21,23-24,29,31,41-48,50,52-58H,3,5,7-11,13,15-19,22,25-28,30,32-40H2,1-2H3,(H,51,59)/b6-4+,14-12+,21-20-,24-23-,31-29+. The minimum absolute atomic E-state index is 0.235. The van der Waals surface area contributed by atoms with Crippen LogP contribution >= 0.6 is 0 Å². The summed E-state index contributed by atoms with van der Waals surface area (Å²) in [5, 5.41) is 75.6. The molecule has 1 fully saturated rings. The first-order valence-corrected chi connectivity index (χ1v) is 24.2. The summed E-state index contributed by atoms with van der Waals surface area (Å²) in [6.07, 6.45) is 37.2. The lowest BCUT2D eigenvalue weighted by Crippen LogP contribution is -2.60. The molecule has 8 N–H and O–H groups in total. The van der Waals surface area contributed by atoms with Gasteiger partial charge in [-0.05, 0) is 90.4 Å². The summed E-state index contributed by atoms with van der Waals surface area (Å²) in [5.74, 6) is -0.724. The predicted molar refractivity (Wildman–Crippen MR) is 247 cm³/mol. The van der Waals surface area contributed by atoms with Gasteiger partial charge in [0.15, 0.2) is 6.29 Å². The highest BCUT2D eigenvalue weighted by Gasteiger charge is 2.44. The zero-order chi connectivity index (χ0) is 44.8. The molecule has 11 heteroatoms. The van der Waals surface area contributed by atoms with Crippen molar-refractivity contribution in [2.45, 2.75) is 236 Å². The molecule has 9 atom stereocenters. The number of carbonyl (C=O) groups is 1. The van der Waals surface area contributed by atoms with Crippen molar-refractivity contribution in [2.75, 3.05) is 13.2 Å². The summed E-state index contributed by atoms with van der Waals surface area (Å²) in [5.41, 5.74) is 0. The number of hydrogen-bond acceptors (Lipinski definition) is 10. The Bertz CT molecular complexity index is 1170. The lowest BCUT2D eigenvalue weighted by molar-refractivity contribution is -0.303. The third-order valence-electron chi connectivity index (χ3n) is 11.3. The monoisotopic (exact) mass is 864 g/mol. The highest BCUT2D eigenvalue weighted by Crippen LogP contribution is 2.23. The van der Waals surface area contributed by atoms with Crippen LogP contribution in [0.2, 0.25) is 0 Å². The van der Waals surface area contributed by atoms with Crippen molar-refractivity contribution in [3.8, 4) is 0 Å². The molecule has 0 saturated carbocycles. The van der Waals surface area contributed by atoms with Crippen molar-refractivity contribution < 1.29 is 50.0 Å². The van der Waals surface area contributed by atoms with Gasteiger partial charge in [0.1, 0.15) is 36.6 Å². The van der Waals surface area contributed by atoms with Gasteiger partial charge in [-0.1, -0.05) is 151 Å². The van der Waals surface area contributed by atoms with E-state index in [4.69, 9.17) is 9.47 Å². The summed E-state index contributed by atoms with van der Waals surface area (Å²) in [7, 11) is 0. The van der Waals surface area contributed by atoms with E-state index in [2.05, 4.69) is 60.8 Å². The fourth-order valence-corrected chi connectivity index (χ4v) is 7.33. The molecule has 0 bridgehead atoms. The number of amides is 1. The number of carbonyl (C=O) groups excluding carboxylic acids is 1. The fraction of sp³-hybridized carbons (Fsp3) is 0.780. The van der Waals surface area contributed by atoms with E-state index in [1.54, 1.807) is 0 Å². The number of allylic oxidation sites excluding steroid dienone is 10. The van der Waals surface area contributed by atoms with Gasteiger partial charge in [0.05, 0.1) is 25.4 Å². The second kappa shape index (κ2) is 39.4. The molecule has 0 aromatic carbocycles. The van der Waals surface area contributed by atoms with Crippen LogP contribution in [0.15, 0.2) is 60.8 Å². The van der Waals surface area contributed by atoms with Crippen molar-refractivity contribution >= 4 is 5.91 Å². The molecule has 61 heavy (non-hydrogen) atoms. The van der Waals surface area contributed by atoms with E-state index in [1.165, 1.54) is 64.2 Å². The first-order valence-electron chi connectivity index (χ1n) is 24.2. The number of rotatable bonds is 39. The summed E-state index contributed by atoms with van der Waals surface area (Å²) in [4.78, 5) is 13.1. The number of ether oxygens (including phenoxy) is 2. The van der Waals surface area contributed by atoms with Crippen LogP contribution in [0.3, 0.4) is 0 Å². The van der Waals surface area contributed by atoms with Gasteiger partial charge in [-0.15, -0.1) is 0 Å². The van der Waals surface area contributed by atoms with Crippen molar-refractivity contribution in [3.63, 3.8) is 0 Å². The average Bonchev–Trinajstić information content (AvgIpc) is 3.26. The van der Waals surface area contributed by atoms with Crippen molar-refractivity contribution in [2.24, 2.45) is 0 Å². The topological polar surface area (TPSA) is 189 Å². The third kappa shape index (κ3) is 29.0. The molecular formula is C50H89NO10. The zero-order valence-electron chi connectivity index (χ0n) is 38.1. The molecule has 9 unspecified atom stereocenters. The number of hydrogen-bond donors (Lipinski definition) is 8. The Morgan fingerprint density at radius 3 is 1.66 bits per heavy atom. The molecule has 1 aliphatic heterocycles. The lowest BCUT2D eigenvalue weighted by atomic mass is 9.98. The van der Waals surface area contributed by atoms with Crippen LogP contribution < -0.4 is 5.32 Å². The summed E-state index contributed by atoms with van der Waals surface area (Å²) >= 11 is 0. The maximum Gasteiger partial charge on any atom is 0.249 e. The maximum atomic E-state index is 13.1. The molecule has 0 aliphatic carbocycles. The molecule has 0 spiro atoms. The molecule has 354 valence electrons. The molecule has 1 amide bonds. The maximum absolute atomic E-state index is 13.1. The van der Waals surface area contributed by atoms with Crippen LogP contribution in [-0.2, 0) is 14.3 Å². The molecule has 0 aromatic rings. The van der Waals surface area contributed by atoms with E-state index >= 15 is 0 Å². The number of aliphatic hydroxyl groups excluding tert-OH is 7. The number of unbranched alkanes of at least 4 members (excludes halogenated alkanes) is 18. The van der Waals surface area contributed by atoms with Crippen LogP contribution in [0, 0.1) is 0 Å². The minimum atomic E-state index is -1.68. The second-order valence-corrected chi connectivity index (χ2v) is 16.8. The Morgan fingerprint density at radius 1 is 0.607 bits per heavy atom. The molecule has 1 saturated heterocycles.